The largest absolute Gasteiger partial charge is 0.363 e. The second-order valence-electron chi connectivity index (χ2n) is 9.35. The average Bonchev–Trinajstić information content (AvgIpc) is 2.74. The van der Waals surface area contributed by atoms with Gasteiger partial charge in [0.25, 0.3) is 0 Å². The van der Waals surface area contributed by atoms with Crippen LogP contribution >= 0.6 is 11.6 Å². The molecular formula is C24H35ClN6O. The Hall–Kier alpha value is -2.54. The molecule has 2 aromatic rings. The van der Waals surface area contributed by atoms with Gasteiger partial charge in [0.15, 0.2) is 0 Å². The molecule has 2 amide bonds. The lowest BCUT2D eigenvalue weighted by Gasteiger charge is -2.38. The molecule has 174 valence electrons. The first kappa shape index (κ1) is 24.1. The van der Waals surface area contributed by atoms with Gasteiger partial charge in [0.05, 0.1) is 5.54 Å². The maximum atomic E-state index is 13.0. The molecule has 1 aliphatic carbocycles. The number of aryl methyl sites for hydroxylation is 1. The predicted octanol–water partition coefficient (Wildman–Crippen LogP) is 4.80. The van der Waals surface area contributed by atoms with Crippen molar-refractivity contribution in [2.45, 2.75) is 64.1 Å². The summed E-state index contributed by atoms with van der Waals surface area (Å²) in [4.78, 5) is 25.8. The fraction of sp³-hybridized carbons (Fsp3) is 0.542. The Bertz CT molecular complexity index is 923. The third-order valence-corrected chi connectivity index (χ3v) is 6.63. The standard InChI is InChI=1S/C24H35ClN6O/c1-16-15-21(30(4)5)29-22(26-16)27-19-11-13-20(14-12-19)28-23(32)31(6)24(2,3)17-7-9-18(25)10-8-17/h7-10,15,19-20H,11-14H2,1-6H3,(H,28,32)(H,26,27,29)/t19-,20+. The zero-order valence-electron chi connectivity index (χ0n) is 19.9. The summed E-state index contributed by atoms with van der Waals surface area (Å²) in [7, 11) is 5.80. The van der Waals surface area contributed by atoms with Gasteiger partial charge in [-0.3, -0.25) is 0 Å². The highest BCUT2D eigenvalue weighted by Crippen LogP contribution is 2.28. The van der Waals surface area contributed by atoms with Crippen LogP contribution in [0.25, 0.3) is 0 Å². The van der Waals surface area contributed by atoms with Gasteiger partial charge in [-0.25, -0.2) is 9.78 Å². The van der Waals surface area contributed by atoms with Crippen LogP contribution in [0.3, 0.4) is 0 Å². The highest BCUT2D eigenvalue weighted by atomic mass is 35.5. The Kier molecular flexibility index (Phi) is 7.49. The van der Waals surface area contributed by atoms with Crippen LogP contribution in [0.1, 0.15) is 50.8 Å². The van der Waals surface area contributed by atoms with Crippen molar-refractivity contribution in [3.05, 3.63) is 46.6 Å². The van der Waals surface area contributed by atoms with Gasteiger partial charge in [-0.05, 0) is 64.2 Å². The summed E-state index contributed by atoms with van der Waals surface area (Å²) in [6, 6.07) is 10.0. The van der Waals surface area contributed by atoms with Crippen LogP contribution in [0.2, 0.25) is 5.02 Å². The van der Waals surface area contributed by atoms with E-state index in [1.165, 1.54) is 0 Å². The average molecular weight is 459 g/mol. The van der Waals surface area contributed by atoms with Crippen LogP contribution in [-0.4, -0.2) is 54.1 Å². The molecule has 32 heavy (non-hydrogen) atoms. The van der Waals surface area contributed by atoms with Crippen LogP contribution in [0.4, 0.5) is 16.6 Å². The van der Waals surface area contributed by atoms with Crippen molar-refractivity contribution in [1.82, 2.24) is 20.2 Å². The monoisotopic (exact) mass is 458 g/mol. The van der Waals surface area contributed by atoms with Gasteiger partial charge < -0.3 is 20.4 Å². The first-order chi connectivity index (χ1) is 15.1. The number of rotatable bonds is 6. The van der Waals surface area contributed by atoms with Crippen LogP contribution in [-0.2, 0) is 5.54 Å². The van der Waals surface area contributed by atoms with E-state index in [9.17, 15) is 4.79 Å². The molecular weight excluding hydrogens is 424 g/mol. The molecule has 0 bridgehead atoms. The summed E-state index contributed by atoms with van der Waals surface area (Å²) in [5.41, 5.74) is 1.54. The van der Waals surface area contributed by atoms with E-state index in [4.69, 9.17) is 11.6 Å². The van der Waals surface area contributed by atoms with Crippen molar-refractivity contribution in [2.75, 3.05) is 31.4 Å². The number of amides is 2. The van der Waals surface area contributed by atoms with Gasteiger partial charge in [-0.1, -0.05) is 23.7 Å². The number of carbonyl (C=O) groups is 1. The molecule has 1 saturated carbocycles. The van der Waals surface area contributed by atoms with Crippen molar-refractivity contribution in [3.63, 3.8) is 0 Å². The Morgan fingerprint density at radius 1 is 1.03 bits per heavy atom. The van der Waals surface area contributed by atoms with Crippen LogP contribution in [0.15, 0.2) is 30.3 Å². The normalized spacial score (nSPS) is 18.7. The van der Waals surface area contributed by atoms with Crippen molar-refractivity contribution in [1.29, 1.82) is 0 Å². The number of aromatic nitrogens is 2. The highest BCUT2D eigenvalue weighted by molar-refractivity contribution is 6.30. The summed E-state index contributed by atoms with van der Waals surface area (Å²) in [5.74, 6) is 1.57. The number of hydrogen-bond donors (Lipinski definition) is 2. The molecule has 1 aromatic carbocycles. The lowest BCUT2D eigenvalue weighted by Crippen LogP contribution is -2.51. The van der Waals surface area contributed by atoms with Gasteiger partial charge in [-0.2, -0.15) is 4.98 Å². The molecule has 1 aliphatic rings. The van der Waals surface area contributed by atoms with E-state index in [0.717, 1.165) is 42.8 Å². The summed E-state index contributed by atoms with van der Waals surface area (Å²) in [6.45, 7) is 6.06. The van der Waals surface area contributed by atoms with Gasteiger partial charge in [-0.15, -0.1) is 0 Å². The maximum absolute atomic E-state index is 13.0. The smallest absolute Gasteiger partial charge is 0.318 e. The molecule has 0 unspecified atom stereocenters. The van der Waals surface area contributed by atoms with Crippen molar-refractivity contribution in [2.24, 2.45) is 0 Å². The van der Waals surface area contributed by atoms with Gasteiger partial charge >= 0.3 is 6.03 Å². The number of nitrogens with one attached hydrogen (secondary N) is 2. The number of carbonyl (C=O) groups excluding carboxylic acids is 1. The Morgan fingerprint density at radius 3 is 2.22 bits per heavy atom. The first-order valence-corrected chi connectivity index (χ1v) is 11.5. The van der Waals surface area contributed by atoms with E-state index in [1.807, 2.05) is 77.1 Å². The quantitative estimate of drug-likeness (QED) is 0.650. The minimum atomic E-state index is -0.444. The number of nitrogens with zero attached hydrogens (tertiary/aromatic N) is 4. The summed E-state index contributed by atoms with van der Waals surface area (Å²) >= 11 is 6.02. The molecule has 1 heterocycles. The van der Waals surface area contributed by atoms with Crippen LogP contribution in [0, 0.1) is 6.92 Å². The van der Waals surface area contributed by atoms with Gasteiger partial charge in [0.2, 0.25) is 5.95 Å². The van der Waals surface area contributed by atoms with Crippen molar-refractivity contribution >= 4 is 29.4 Å². The zero-order valence-corrected chi connectivity index (χ0v) is 20.7. The third-order valence-electron chi connectivity index (χ3n) is 6.38. The minimum Gasteiger partial charge on any atom is -0.363 e. The molecule has 2 N–H and O–H groups in total. The third kappa shape index (κ3) is 5.82. The summed E-state index contributed by atoms with van der Waals surface area (Å²) < 4.78 is 0. The van der Waals surface area contributed by atoms with Gasteiger partial charge in [0.1, 0.15) is 5.82 Å². The molecule has 0 aliphatic heterocycles. The van der Waals surface area contributed by atoms with E-state index in [2.05, 4.69) is 20.6 Å². The SMILES string of the molecule is Cc1cc(N(C)C)nc(N[C@H]2CC[C@@H](NC(=O)N(C)C(C)(C)c3ccc(Cl)cc3)CC2)n1. The second-order valence-corrected chi connectivity index (χ2v) is 9.79. The Morgan fingerprint density at radius 2 is 1.62 bits per heavy atom. The Labute approximate surface area is 196 Å². The number of hydrogen-bond acceptors (Lipinski definition) is 5. The molecule has 1 fully saturated rings. The summed E-state index contributed by atoms with van der Waals surface area (Å²) in [6.07, 6.45) is 3.77. The molecule has 0 atom stereocenters. The number of anilines is 2. The molecule has 0 spiro atoms. The Balaban J connectivity index is 1.53. The molecule has 8 heteroatoms. The van der Waals surface area contributed by atoms with Gasteiger partial charge in [0, 0.05) is 50.0 Å². The zero-order chi connectivity index (χ0) is 23.5. The second kappa shape index (κ2) is 9.94. The van der Waals surface area contributed by atoms with Crippen LogP contribution < -0.4 is 15.5 Å². The lowest BCUT2D eigenvalue weighted by atomic mass is 9.91. The van der Waals surface area contributed by atoms with Crippen LogP contribution in [0.5, 0.6) is 0 Å². The topological polar surface area (TPSA) is 73.4 Å². The molecule has 7 nitrogen and oxygen atoms in total. The number of benzene rings is 1. The minimum absolute atomic E-state index is 0.0565. The van der Waals surface area contributed by atoms with E-state index >= 15 is 0 Å². The van der Waals surface area contributed by atoms with E-state index in [1.54, 1.807) is 4.90 Å². The number of urea groups is 1. The van der Waals surface area contributed by atoms with Crippen molar-refractivity contribution < 1.29 is 4.79 Å². The van der Waals surface area contributed by atoms with E-state index in [-0.39, 0.29) is 12.1 Å². The fourth-order valence-electron chi connectivity index (χ4n) is 3.99. The fourth-order valence-corrected chi connectivity index (χ4v) is 4.11. The molecule has 3 rings (SSSR count). The molecule has 0 radical (unpaired) electrons. The highest BCUT2D eigenvalue weighted by Gasteiger charge is 2.31. The van der Waals surface area contributed by atoms with E-state index in [0.29, 0.717) is 17.0 Å². The van der Waals surface area contributed by atoms with Crippen molar-refractivity contribution in [3.8, 4) is 0 Å². The number of halogens is 1. The van der Waals surface area contributed by atoms with E-state index < -0.39 is 5.54 Å². The lowest BCUT2D eigenvalue weighted by molar-refractivity contribution is 0.150. The maximum Gasteiger partial charge on any atom is 0.318 e. The summed E-state index contributed by atoms with van der Waals surface area (Å²) in [5, 5.41) is 7.39. The molecule has 1 aromatic heterocycles. The first-order valence-electron chi connectivity index (χ1n) is 11.2. The molecule has 0 saturated heterocycles. The predicted molar refractivity (Wildman–Crippen MR) is 132 cm³/mol.